The summed E-state index contributed by atoms with van der Waals surface area (Å²) in [4.78, 5) is 3.97. The largest absolute Gasteiger partial charge is 0.393 e. The zero-order valence-corrected chi connectivity index (χ0v) is 15.9. The number of hydrogen-bond acceptors (Lipinski definition) is 4. The van der Waals surface area contributed by atoms with Crippen LogP contribution in [0, 0.1) is 11.8 Å². The average Bonchev–Trinajstić information content (AvgIpc) is 2.85. The maximum Gasteiger partial charge on any atom is 0.0599 e. The van der Waals surface area contributed by atoms with Crippen molar-refractivity contribution in [1.29, 1.82) is 0 Å². The summed E-state index contributed by atoms with van der Waals surface area (Å²) < 4.78 is 0. The van der Waals surface area contributed by atoms with Gasteiger partial charge in [-0.3, -0.25) is 0 Å². The van der Waals surface area contributed by atoms with Crippen molar-refractivity contribution in [3.8, 4) is 0 Å². The van der Waals surface area contributed by atoms with Crippen LogP contribution in [0.4, 0.5) is 0 Å². The molecule has 0 spiro atoms. The highest BCUT2D eigenvalue weighted by molar-refractivity contribution is 5.56. The molecule has 1 saturated carbocycles. The van der Waals surface area contributed by atoms with Crippen LogP contribution in [0.15, 0.2) is 29.3 Å². The normalized spacial score (nSPS) is 28.7. The monoisotopic (exact) mass is 351 g/mol. The molecular weight excluding hydrogens is 314 g/mol. The standard InChI is InChI=1S/C21H37NO3/c1-3-4-8-11-17(23)13-14-19-18(20(24)16-21(19)25)12-9-6-5-7-10-15-22-2/h3-4,6,9,15,17-21,23-25H,5,7-8,10-14,16H2,1-2H3/b4-3+,9-6+,22-15?. The van der Waals surface area contributed by atoms with Crippen molar-refractivity contribution < 1.29 is 15.3 Å². The Morgan fingerprint density at radius 3 is 2.48 bits per heavy atom. The lowest BCUT2D eigenvalue weighted by molar-refractivity contribution is 0.0859. The molecule has 0 aromatic carbocycles. The Balaban J connectivity index is 2.38. The Morgan fingerprint density at radius 1 is 1.00 bits per heavy atom. The van der Waals surface area contributed by atoms with Crippen molar-refractivity contribution in [2.75, 3.05) is 7.05 Å². The fourth-order valence-electron chi connectivity index (χ4n) is 3.72. The van der Waals surface area contributed by atoms with E-state index in [1.807, 2.05) is 19.2 Å². The number of aliphatic hydroxyl groups is 3. The highest BCUT2D eigenvalue weighted by atomic mass is 16.3. The first-order valence-electron chi connectivity index (χ1n) is 9.81. The zero-order valence-electron chi connectivity index (χ0n) is 15.9. The predicted molar refractivity (Wildman–Crippen MR) is 105 cm³/mol. The van der Waals surface area contributed by atoms with Crippen LogP contribution in [-0.2, 0) is 0 Å². The van der Waals surface area contributed by atoms with Crippen LogP contribution >= 0.6 is 0 Å². The van der Waals surface area contributed by atoms with Gasteiger partial charge in [-0.15, -0.1) is 0 Å². The molecule has 25 heavy (non-hydrogen) atoms. The van der Waals surface area contributed by atoms with Gasteiger partial charge in [-0.1, -0.05) is 24.3 Å². The van der Waals surface area contributed by atoms with Crippen LogP contribution in [0.2, 0.25) is 0 Å². The van der Waals surface area contributed by atoms with Gasteiger partial charge in [-0.05, 0) is 82.8 Å². The molecule has 5 unspecified atom stereocenters. The number of hydrogen-bond donors (Lipinski definition) is 3. The quantitative estimate of drug-likeness (QED) is 0.285. The third kappa shape index (κ3) is 8.80. The molecule has 0 aromatic heterocycles. The summed E-state index contributed by atoms with van der Waals surface area (Å²) in [7, 11) is 1.79. The number of nitrogens with zero attached hydrogens (tertiary/aromatic N) is 1. The minimum atomic E-state index is -0.447. The molecule has 0 saturated heterocycles. The molecule has 0 aliphatic heterocycles. The second-order valence-electron chi connectivity index (χ2n) is 7.15. The Hall–Kier alpha value is -0.970. The summed E-state index contributed by atoms with van der Waals surface area (Å²) in [5.74, 6) is 0.189. The number of aliphatic hydroxyl groups excluding tert-OH is 3. The number of aliphatic imine (C=N–C) groups is 1. The van der Waals surface area contributed by atoms with Crippen LogP contribution in [0.3, 0.4) is 0 Å². The van der Waals surface area contributed by atoms with Gasteiger partial charge in [0, 0.05) is 7.05 Å². The van der Waals surface area contributed by atoms with E-state index in [0.29, 0.717) is 12.8 Å². The molecule has 4 heteroatoms. The maximum absolute atomic E-state index is 10.3. The molecule has 3 N–H and O–H groups in total. The highest BCUT2D eigenvalue weighted by Crippen LogP contribution is 2.38. The van der Waals surface area contributed by atoms with Gasteiger partial charge in [0.25, 0.3) is 0 Å². The number of unbranched alkanes of at least 4 members (excludes halogenated alkanes) is 2. The molecule has 0 radical (unpaired) electrons. The van der Waals surface area contributed by atoms with Crippen LogP contribution in [0.25, 0.3) is 0 Å². The molecule has 5 atom stereocenters. The van der Waals surface area contributed by atoms with Gasteiger partial charge in [0.1, 0.15) is 0 Å². The van der Waals surface area contributed by atoms with E-state index in [-0.39, 0.29) is 17.9 Å². The SMILES string of the molecule is C/C=C/CCC(O)CCC1C(O)CC(O)C1C/C=C/CCCC=NC. The van der Waals surface area contributed by atoms with Gasteiger partial charge in [-0.2, -0.15) is 0 Å². The summed E-state index contributed by atoms with van der Waals surface area (Å²) in [5, 5.41) is 30.6. The molecule has 144 valence electrons. The van der Waals surface area contributed by atoms with Gasteiger partial charge < -0.3 is 20.3 Å². The van der Waals surface area contributed by atoms with E-state index in [4.69, 9.17) is 0 Å². The van der Waals surface area contributed by atoms with E-state index in [9.17, 15) is 15.3 Å². The van der Waals surface area contributed by atoms with Gasteiger partial charge >= 0.3 is 0 Å². The summed E-state index contributed by atoms with van der Waals surface area (Å²) in [6.07, 6.45) is 16.6. The fourth-order valence-corrected chi connectivity index (χ4v) is 3.72. The second kappa shape index (κ2) is 13.3. The number of rotatable bonds is 12. The molecule has 0 heterocycles. The minimum absolute atomic E-state index is 0.0863. The smallest absolute Gasteiger partial charge is 0.0599 e. The molecule has 4 nitrogen and oxygen atoms in total. The van der Waals surface area contributed by atoms with Gasteiger partial charge in [0.05, 0.1) is 18.3 Å². The fraction of sp³-hybridized carbons (Fsp3) is 0.762. The van der Waals surface area contributed by atoms with Crippen molar-refractivity contribution >= 4 is 6.21 Å². The van der Waals surface area contributed by atoms with E-state index >= 15 is 0 Å². The third-order valence-corrected chi connectivity index (χ3v) is 5.22. The predicted octanol–water partition coefficient (Wildman–Crippen LogP) is 3.66. The highest BCUT2D eigenvalue weighted by Gasteiger charge is 2.40. The maximum atomic E-state index is 10.3. The van der Waals surface area contributed by atoms with Crippen molar-refractivity contribution in [2.45, 2.75) is 83.0 Å². The van der Waals surface area contributed by atoms with Crippen LogP contribution < -0.4 is 0 Å². The van der Waals surface area contributed by atoms with E-state index in [2.05, 4.69) is 23.2 Å². The summed E-state index contributed by atoms with van der Waals surface area (Å²) in [5.41, 5.74) is 0. The molecule has 1 rings (SSSR count). The van der Waals surface area contributed by atoms with Gasteiger partial charge in [0.2, 0.25) is 0 Å². The van der Waals surface area contributed by atoms with Crippen molar-refractivity contribution in [2.24, 2.45) is 16.8 Å². The van der Waals surface area contributed by atoms with Crippen molar-refractivity contribution in [1.82, 2.24) is 0 Å². The Kier molecular flexibility index (Phi) is 11.7. The first kappa shape index (κ1) is 22.1. The number of allylic oxidation sites excluding steroid dienone is 4. The van der Waals surface area contributed by atoms with E-state index in [1.54, 1.807) is 7.05 Å². The molecule has 0 amide bonds. The van der Waals surface area contributed by atoms with Crippen molar-refractivity contribution in [3.63, 3.8) is 0 Å². The molecule has 1 aliphatic carbocycles. The first-order valence-corrected chi connectivity index (χ1v) is 9.81. The Morgan fingerprint density at radius 2 is 1.76 bits per heavy atom. The van der Waals surface area contributed by atoms with Crippen LogP contribution in [0.1, 0.15) is 64.7 Å². The summed E-state index contributed by atoms with van der Waals surface area (Å²) in [6.45, 7) is 1.98. The lowest BCUT2D eigenvalue weighted by Gasteiger charge is -2.23. The summed E-state index contributed by atoms with van der Waals surface area (Å²) in [6, 6.07) is 0. The zero-order chi connectivity index (χ0) is 18.5. The molecule has 1 aliphatic rings. The topological polar surface area (TPSA) is 73.0 Å². The van der Waals surface area contributed by atoms with E-state index in [0.717, 1.165) is 44.9 Å². The molecule has 0 aromatic rings. The first-order chi connectivity index (χ1) is 12.1. The summed E-state index contributed by atoms with van der Waals surface area (Å²) >= 11 is 0. The Bertz CT molecular complexity index is 419. The third-order valence-electron chi connectivity index (χ3n) is 5.22. The lowest BCUT2D eigenvalue weighted by atomic mass is 9.85. The van der Waals surface area contributed by atoms with Crippen LogP contribution in [-0.4, -0.2) is 46.9 Å². The van der Waals surface area contributed by atoms with E-state index in [1.165, 1.54) is 0 Å². The van der Waals surface area contributed by atoms with Gasteiger partial charge in [-0.25, -0.2) is 0 Å². The Labute approximate surface area is 153 Å². The minimum Gasteiger partial charge on any atom is -0.393 e. The second-order valence-corrected chi connectivity index (χ2v) is 7.15. The van der Waals surface area contributed by atoms with Crippen LogP contribution in [0.5, 0.6) is 0 Å². The lowest BCUT2D eigenvalue weighted by Crippen LogP contribution is -2.23. The van der Waals surface area contributed by atoms with Gasteiger partial charge in [0.15, 0.2) is 0 Å². The van der Waals surface area contributed by atoms with Crippen molar-refractivity contribution in [3.05, 3.63) is 24.3 Å². The molecule has 1 fully saturated rings. The average molecular weight is 352 g/mol. The molecule has 0 bridgehead atoms. The molecular formula is C21H37NO3. The van der Waals surface area contributed by atoms with E-state index < -0.39 is 12.2 Å².